The number of sulfonamides is 1. The van der Waals surface area contributed by atoms with Crippen molar-refractivity contribution in [3.63, 3.8) is 0 Å². The number of anilines is 2. The van der Waals surface area contributed by atoms with E-state index >= 15 is 0 Å². The maximum absolute atomic E-state index is 14.1. The fraction of sp³-hybridized carbons (Fsp3) is 0.233. The van der Waals surface area contributed by atoms with Crippen molar-refractivity contribution in [2.45, 2.75) is 36.1 Å². The van der Waals surface area contributed by atoms with Crippen LogP contribution in [0.4, 0.5) is 46.1 Å². The highest BCUT2D eigenvalue weighted by Crippen LogP contribution is 2.31. The fourth-order valence-electron chi connectivity index (χ4n) is 4.56. The number of carbonyl (C=O) groups excluding carboxylic acids is 3. The third-order valence-corrected chi connectivity index (χ3v) is 9.95. The summed E-state index contributed by atoms with van der Waals surface area (Å²) in [4.78, 5) is 40.3. The molecule has 2 aromatic heterocycles. The van der Waals surface area contributed by atoms with Crippen LogP contribution in [0, 0.1) is 11.6 Å². The van der Waals surface area contributed by atoms with Crippen LogP contribution in [0.3, 0.4) is 0 Å². The van der Waals surface area contributed by atoms with Crippen LogP contribution in [0.15, 0.2) is 71.9 Å². The SMILES string of the molecule is Nc1nc(NC2CCN(S(=O)(=O)c3ccc(-c4cccnc4)cc3)CC2)sc1C(=O)c1c(F)cccc1F.O=C(C(=O)C(F)(F)F)C(F)(F)F. The van der Waals surface area contributed by atoms with Crippen molar-refractivity contribution < 1.29 is 57.9 Å². The lowest BCUT2D eigenvalue weighted by molar-refractivity contribution is -0.193. The summed E-state index contributed by atoms with van der Waals surface area (Å²) in [6, 6.07) is 13.5. The van der Waals surface area contributed by atoms with Gasteiger partial charge in [-0.1, -0.05) is 35.6 Å². The minimum Gasteiger partial charge on any atom is -0.382 e. The number of nitrogens with zero attached hydrogens (tertiary/aromatic N) is 3. The van der Waals surface area contributed by atoms with Crippen molar-refractivity contribution in [2.24, 2.45) is 0 Å². The third kappa shape index (κ3) is 8.85. The molecule has 5 rings (SSSR count). The number of aromatic nitrogens is 2. The first-order chi connectivity index (χ1) is 23.3. The van der Waals surface area contributed by atoms with Crippen LogP contribution in [-0.4, -0.2) is 71.5 Å². The van der Waals surface area contributed by atoms with E-state index in [1.165, 1.54) is 10.4 Å². The molecule has 0 spiro atoms. The van der Waals surface area contributed by atoms with E-state index in [2.05, 4.69) is 15.3 Å². The molecule has 10 nitrogen and oxygen atoms in total. The van der Waals surface area contributed by atoms with Crippen LogP contribution in [0.5, 0.6) is 0 Å². The Hall–Kier alpha value is -4.82. The zero-order valence-corrected chi connectivity index (χ0v) is 26.7. The monoisotopic (exact) mass is 749 g/mol. The highest BCUT2D eigenvalue weighted by molar-refractivity contribution is 7.89. The molecule has 0 atom stereocenters. The largest absolute Gasteiger partial charge is 0.458 e. The van der Waals surface area contributed by atoms with Gasteiger partial charge in [0.15, 0.2) is 5.13 Å². The molecule has 0 amide bonds. The summed E-state index contributed by atoms with van der Waals surface area (Å²) in [6.45, 7) is 0.578. The van der Waals surface area contributed by atoms with Gasteiger partial charge in [-0.05, 0) is 54.3 Å². The first kappa shape index (κ1) is 38.0. The summed E-state index contributed by atoms with van der Waals surface area (Å²) >= 11 is 0.910. The number of nitrogens with one attached hydrogen (secondary N) is 1. The highest BCUT2D eigenvalue weighted by atomic mass is 32.2. The summed E-state index contributed by atoms with van der Waals surface area (Å²) in [5.41, 5.74) is 6.97. The molecule has 0 bridgehead atoms. The Morgan fingerprint density at radius 1 is 0.840 bits per heavy atom. The van der Waals surface area contributed by atoms with E-state index in [1.54, 1.807) is 36.7 Å². The molecule has 0 aliphatic carbocycles. The van der Waals surface area contributed by atoms with E-state index in [4.69, 9.17) is 5.73 Å². The number of Topliss-reactive ketones (excluding diaryl/α,β-unsaturated/α-hetero) is 2. The smallest absolute Gasteiger partial charge is 0.382 e. The zero-order valence-electron chi connectivity index (χ0n) is 25.1. The van der Waals surface area contributed by atoms with E-state index < -0.39 is 56.9 Å². The van der Waals surface area contributed by atoms with E-state index in [0.717, 1.165) is 34.6 Å². The van der Waals surface area contributed by atoms with Gasteiger partial charge in [-0.15, -0.1) is 0 Å². The molecular weight excluding hydrogens is 726 g/mol. The summed E-state index contributed by atoms with van der Waals surface area (Å²) in [5.74, 6) is -9.76. The standard InChI is InChI=1S/C26H23F2N5O3S2.C4F6O2/c27-20-4-1-5-21(28)22(20)23(34)24-25(29)32-26(37-24)31-18-10-13-33(14-11-18)38(35,36)19-8-6-16(7-9-19)17-3-2-12-30-15-17;5-3(6,7)1(11)2(12)4(8,9)10/h1-9,12,15,18H,10-11,13-14,29H2,(H,31,32);. The average molecular weight is 750 g/mol. The highest BCUT2D eigenvalue weighted by Gasteiger charge is 2.54. The molecule has 0 radical (unpaired) electrons. The fourth-order valence-corrected chi connectivity index (χ4v) is 6.94. The molecule has 2 aromatic carbocycles. The minimum absolute atomic E-state index is 0.0637. The Morgan fingerprint density at radius 3 is 1.90 bits per heavy atom. The molecule has 20 heteroatoms. The first-order valence-electron chi connectivity index (χ1n) is 14.1. The second-order valence-corrected chi connectivity index (χ2v) is 13.3. The van der Waals surface area contributed by atoms with Gasteiger partial charge in [-0.25, -0.2) is 22.2 Å². The molecule has 0 unspecified atom stereocenters. The number of nitrogen functional groups attached to an aromatic ring is 1. The molecule has 4 aromatic rings. The van der Waals surface area contributed by atoms with Gasteiger partial charge >= 0.3 is 23.9 Å². The summed E-state index contributed by atoms with van der Waals surface area (Å²) < 4.78 is 123. The van der Waals surface area contributed by atoms with Crippen LogP contribution >= 0.6 is 11.3 Å². The molecule has 3 N–H and O–H groups in total. The number of piperidine rings is 1. The van der Waals surface area contributed by atoms with Crippen molar-refractivity contribution in [3.05, 3.63) is 89.1 Å². The van der Waals surface area contributed by atoms with Crippen LogP contribution < -0.4 is 11.1 Å². The number of nitrogens with two attached hydrogens (primary N) is 1. The molecular formula is C30H23F8N5O5S2. The number of rotatable bonds is 8. The number of pyridine rings is 1. The Balaban J connectivity index is 0.000000402. The molecule has 1 fully saturated rings. The number of alkyl halides is 6. The topological polar surface area (TPSA) is 152 Å². The number of ketones is 3. The number of halogens is 8. The second-order valence-electron chi connectivity index (χ2n) is 10.4. The molecule has 266 valence electrons. The summed E-state index contributed by atoms with van der Waals surface area (Å²) in [5, 5.41) is 3.50. The maximum atomic E-state index is 14.1. The van der Waals surface area contributed by atoms with Gasteiger partial charge in [0.05, 0.1) is 10.5 Å². The van der Waals surface area contributed by atoms with Gasteiger partial charge in [0.2, 0.25) is 15.8 Å². The predicted molar refractivity (Wildman–Crippen MR) is 164 cm³/mol. The Kier molecular flexibility index (Phi) is 11.4. The lowest BCUT2D eigenvalue weighted by Crippen LogP contribution is -2.42. The Labute approximate surface area is 282 Å². The van der Waals surface area contributed by atoms with Crippen LogP contribution in [0.25, 0.3) is 11.1 Å². The molecule has 1 saturated heterocycles. The Bertz CT molecular complexity index is 1940. The maximum Gasteiger partial charge on any atom is 0.458 e. The van der Waals surface area contributed by atoms with Crippen LogP contribution in [0.1, 0.15) is 28.1 Å². The number of hydrogen-bond donors (Lipinski definition) is 2. The van der Waals surface area contributed by atoms with E-state index in [0.29, 0.717) is 18.0 Å². The molecule has 1 aliphatic rings. The predicted octanol–water partition coefficient (Wildman–Crippen LogP) is 5.81. The van der Waals surface area contributed by atoms with Crippen LogP contribution in [0.2, 0.25) is 0 Å². The Morgan fingerprint density at radius 2 is 1.40 bits per heavy atom. The quantitative estimate of drug-likeness (QED) is 0.129. The molecule has 0 saturated carbocycles. The second kappa shape index (κ2) is 15.0. The van der Waals surface area contributed by atoms with E-state index in [9.17, 15) is 57.9 Å². The van der Waals surface area contributed by atoms with Crippen molar-refractivity contribution in [2.75, 3.05) is 24.1 Å². The number of thiazole rings is 1. The molecule has 1 aliphatic heterocycles. The molecule has 50 heavy (non-hydrogen) atoms. The van der Waals surface area contributed by atoms with Gasteiger partial charge < -0.3 is 11.1 Å². The lowest BCUT2D eigenvalue weighted by Gasteiger charge is -2.31. The van der Waals surface area contributed by atoms with Crippen molar-refractivity contribution in [1.29, 1.82) is 0 Å². The van der Waals surface area contributed by atoms with Crippen molar-refractivity contribution >= 4 is 49.7 Å². The first-order valence-corrected chi connectivity index (χ1v) is 16.3. The minimum atomic E-state index is -5.77. The van der Waals surface area contributed by atoms with Gasteiger partial charge in [-0.2, -0.15) is 30.6 Å². The number of hydrogen-bond acceptors (Lipinski definition) is 10. The average Bonchev–Trinajstić information content (AvgIpc) is 3.43. The normalized spacial score (nSPS) is 14.4. The number of benzene rings is 2. The van der Waals surface area contributed by atoms with Gasteiger partial charge in [-0.3, -0.25) is 19.4 Å². The summed E-state index contributed by atoms with van der Waals surface area (Å²) in [7, 11) is -3.67. The van der Waals surface area contributed by atoms with Crippen molar-refractivity contribution in [3.8, 4) is 11.1 Å². The van der Waals surface area contributed by atoms with Crippen LogP contribution in [-0.2, 0) is 19.6 Å². The third-order valence-electron chi connectivity index (χ3n) is 7.04. The van der Waals surface area contributed by atoms with Gasteiger partial charge in [0, 0.05) is 31.5 Å². The lowest BCUT2D eigenvalue weighted by atomic mass is 10.1. The van der Waals surface area contributed by atoms with Gasteiger partial charge in [0.1, 0.15) is 22.3 Å². The van der Waals surface area contributed by atoms with Gasteiger partial charge in [0.25, 0.3) is 0 Å². The van der Waals surface area contributed by atoms with E-state index in [1.807, 2.05) is 12.1 Å². The zero-order chi connectivity index (χ0) is 37.0. The molecule has 3 heterocycles. The van der Waals surface area contributed by atoms with Crippen molar-refractivity contribution in [1.82, 2.24) is 14.3 Å². The summed E-state index contributed by atoms with van der Waals surface area (Å²) in [6.07, 6.45) is -7.15. The van der Waals surface area contributed by atoms with E-state index in [-0.39, 0.29) is 34.7 Å². The number of carbonyl (C=O) groups is 3.